The molecule has 0 aliphatic heterocycles. The van der Waals surface area contributed by atoms with Crippen molar-refractivity contribution in [3.63, 3.8) is 0 Å². The topological polar surface area (TPSA) is 50.1 Å². The summed E-state index contributed by atoms with van der Waals surface area (Å²) in [5.74, 6) is 0.536. The minimum atomic E-state index is -0.152. The van der Waals surface area contributed by atoms with Crippen molar-refractivity contribution in [3.8, 4) is 11.8 Å². The number of carbonyl (C=O) groups excluding carboxylic acids is 1. The second-order valence-corrected chi connectivity index (χ2v) is 5.10. The molecule has 2 rings (SSSR count). The minimum absolute atomic E-state index is 0.0459. The summed E-state index contributed by atoms with van der Waals surface area (Å²) in [7, 11) is 0. The van der Waals surface area contributed by atoms with Gasteiger partial charge >= 0.3 is 5.97 Å². The number of carbonyl (C=O) groups is 1. The van der Waals surface area contributed by atoms with Crippen LogP contribution >= 0.6 is 0 Å². The molecule has 0 amide bonds. The Morgan fingerprint density at radius 2 is 1.89 bits per heavy atom. The molecule has 0 radical (unpaired) electrons. The van der Waals surface area contributed by atoms with Crippen molar-refractivity contribution in [1.82, 2.24) is 0 Å². The predicted molar refractivity (Wildman–Crippen MR) is 72.5 cm³/mol. The molecule has 1 aromatic rings. The van der Waals surface area contributed by atoms with E-state index in [1.807, 2.05) is 24.3 Å². The maximum Gasteiger partial charge on any atom is 0.314 e. The second kappa shape index (κ2) is 6.38. The van der Waals surface area contributed by atoms with E-state index >= 15 is 0 Å². The van der Waals surface area contributed by atoms with Crippen LogP contribution in [0.3, 0.4) is 0 Å². The summed E-state index contributed by atoms with van der Waals surface area (Å²) < 4.78 is 5.40. The van der Waals surface area contributed by atoms with Crippen LogP contribution in [0.25, 0.3) is 0 Å². The molecule has 0 heterocycles. The van der Waals surface area contributed by atoms with E-state index in [2.05, 4.69) is 13.0 Å². The Kier molecular flexibility index (Phi) is 4.57. The molecule has 0 N–H and O–H groups in total. The first-order valence-corrected chi connectivity index (χ1v) is 6.93. The van der Waals surface area contributed by atoms with E-state index in [0.717, 1.165) is 32.1 Å². The fraction of sp³-hybridized carbons (Fsp3) is 0.500. The third-order valence-corrected chi connectivity index (χ3v) is 3.79. The molecule has 0 aromatic heterocycles. The van der Waals surface area contributed by atoms with Gasteiger partial charge in [0.1, 0.15) is 5.75 Å². The highest BCUT2D eigenvalue weighted by atomic mass is 16.5. The Labute approximate surface area is 114 Å². The van der Waals surface area contributed by atoms with E-state index < -0.39 is 0 Å². The van der Waals surface area contributed by atoms with E-state index in [1.165, 1.54) is 5.56 Å². The van der Waals surface area contributed by atoms with Crippen LogP contribution in [-0.2, 0) is 11.2 Å². The summed E-state index contributed by atoms with van der Waals surface area (Å²) in [6, 6.07) is 9.93. The van der Waals surface area contributed by atoms with E-state index in [9.17, 15) is 4.79 Å². The van der Waals surface area contributed by atoms with Crippen LogP contribution in [0, 0.1) is 23.2 Å². The second-order valence-electron chi connectivity index (χ2n) is 5.10. The number of rotatable bonds is 3. The molecular formula is C16H19NO2. The zero-order chi connectivity index (χ0) is 13.7. The summed E-state index contributed by atoms with van der Waals surface area (Å²) in [6.07, 6.45) is 4.14. The van der Waals surface area contributed by atoms with Crippen molar-refractivity contribution in [3.05, 3.63) is 29.8 Å². The number of nitrogens with zero attached hydrogens (tertiary/aromatic N) is 1. The molecule has 1 aliphatic carbocycles. The summed E-state index contributed by atoms with van der Waals surface area (Å²) in [4.78, 5) is 12.0. The molecule has 1 fully saturated rings. The Balaban J connectivity index is 1.89. The summed E-state index contributed by atoms with van der Waals surface area (Å²) in [5, 5.41) is 8.83. The van der Waals surface area contributed by atoms with E-state index in [1.54, 1.807) is 0 Å². The van der Waals surface area contributed by atoms with Gasteiger partial charge in [0.15, 0.2) is 0 Å². The van der Waals surface area contributed by atoms with Gasteiger partial charge in [-0.25, -0.2) is 0 Å². The first-order chi connectivity index (χ1) is 9.22. The van der Waals surface area contributed by atoms with Crippen molar-refractivity contribution < 1.29 is 9.53 Å². The first kappa shape index (κ1) is 13.6. The SMILES string of the molecule is CCc1ccc(OC(=O)C2CCC(C#N)CC2)cc1. The Bertz CT molecular complexity index is 465. The Morgan fingerprint density at radius 3 is 2.42 bits per heavy atom. The standard InChI is InChI=1S/C16H19NO2/c1-2-12-5-9-15(10-6-12)19-16(18)14-7-3-13(11-17)4-8-14/h5-6,9-10,13-14H,2-4,7-8H2,1H3. The van der Waals surface area contributed by atoms with Crippen LogP contribution in [0.4, 0.5) is 0 Å². The average molecular weight is 257 g/mol. The molecule has 0 spiro atoms. The van der Waals surface area contributed by atoms with Gasteiger partial charge in [0.2, 0.25) is 0 Å². The molecule has 1 aliphatic rings. The lowest BCUT2D eigenvalue weighted by atomic mass is 9.83. The van der Waals surface area contributed by atoms with Crippen LogP contribution in [0.5, 0.6) is 5.75 Å². The zero-order valence-electron chi connectivity index (χ0n) is 11.3. The summed E-state index contributed by atoms with van der Waals surface area (Å²) in [5.41, 5.74) is 1.23. The van der Waals surface area contributed by atoms with Crippen LogP contribution in [0.15, 0.2) is 24.3 Å². The number of hydrogen-bond donors (Lipinski definition) is 0. The number of benzene rings is 1. The average Bonchev–Trinajstić information content (AvgIpc) is 2.48. The van der Waals surface area contributed by atoms with Gasteiger partial charge in [0, 0.05) is 5.92 Å². The molecule has 0 atom stereocenters. The largest absolute Gasteiger partial charge is 0.426 e. The number of esters is 1. The lowest BCUT2D eigenvalue weighted by Gasteiger charge is -2.23. The lowest BCUT2D eigenvalue weighted by molar-refractivity contribution is -0.140. The lowest BCUT2D eigenvalue weighted by Crippen LogP contribution is -2.25. The third-order valence-electron chi connectivity index (χ3n) is 3.79. The number of nitriles is 1. The van der Waals surface area contributed by atoms with Gasteiger partial charge in [-0.1, -0.05) is 19.1 Å². The highest BCUT2D eigenvalue weighted by Gasteiger charge is 2.27. The highest BCUT2D eigenvalue weighted by Crippen LogP contribution is 2.29. The molecular weight excluding hydrogens is 238 g/mol. The molecule has 0 bridgehead atoms. The van der Waals surface area contributed by atoms with Gasteiger partial charge in [0.05, 0.1) is 12.0 Å². The molecule has 0 unspecified atom stereocenters. The van der Waals surface area contributed by atoms with Crippen molar-refractivity contribution in [2.24, 2.45) is 11.8 Å². The van der Waals surface area contributed by atoms with Crippen molar-refractivity contribution in [2.75, 3.05) is 0 Å². The van der Waals surface area contributed by atoms with Gasteiger partial charge in [-0.2, -0.15) is 5.26 Å². The predicted octanol–water partition coefficient (Wildman–Crippen LogP) is 3.48. The van der Waals surface area contributed by atoms with E-state index in [0.29, 0.717) is 5.75 Å². The zero-order valence-corrected chi connectivity index (χ0v) is 11.3. The Hall–Kier alpha value is -1.82. The van der Waals surface area contributed by atoms with Gasteiger partial charge in [-0.15, -0.1) is 0 Å². The van der Waals surface area contributed by atoms with E-state index in [-0.39, 0.29) is 17.8 Å². The minimum Gasteiger partial charge on any atom is -0.426 e. The van der Waals surface area contributed by atoms with Crippen LogP contribution in [0.2, 0.25) is 0 Å². The van der Waals surface area contributed by atoms with Crippen molar-refractivity contribution in [2.45, 2.75) is 39.0 Å². The van der Waals surface area contributed by atoms with Crippen molar-refractivity contribution >= 4 is 5.97 Å². The molecule has 3 heteroatoms. The maximum atomic E-state index is 12.0. The maximum absolute atomic E-state index is 12.0. The van der Waals surface area contributed by atoms with Crippen LogP contribution in [-0.4, -0.2) is 5.97 Å². The van der Waals surface area contributed by atoms with Gasteiger partial charge in [-0.05, 0) is 49.8 Å². The Morgan fingerprint density at radius 1 is 1.26 bits per heavy atom. The third kappa shape index (κ3) is 3.57. The van der Waals surface area contributed by atoms with Gasteiger partial charge in [0.25, 0.3) is 0 Å². The summed E-state index contributed by atoms with van der Waals surface area (Å²) in [6.45, 7) is 2.09. The fourth-order valence-electron chi connectivity index (χ4n) is 2.45. The number of ether oxygens (including phenoxy) is 1. The molecule has 3 nitrogen and oxygen atoms in total. The van der Waals surface area contributed by atoms with Crippen LogP contribution in [0.1, 0.15) is 38.2 Å². The molecule has 100 valence electrons. The number of aryl methyl sites for hydroxylation is 1. The normalized spacial score (nSPS) is 22.5. The quantitative estimate of drug-likeness (QED) is 0.615. The van der Waals surface area contributed by atoms with Crippen molar-refractivity contribution in [1.29, 1.82) is 5.26 Å². The fourth-order valence-corrected chi connectivity index (χ4v) is 2.45. The first-order valence-electron chi connectivity index (χ1n) is 6.93. The molecule has 19 heavy (non-hydrogen) atoms. The van der Waals surface area contributed by atoms with E-state index in [4.69, 9.17) is 10.00 Å². The van der Waals surface area contributed by atoms with Crippen LogP contribution < -0.4 is 4.74 Å². The smallest absolute Gasteiger partial charge is 0.314 e. The number of hydrogen-bond acceptors (Lipinski definition) is 3. The monoisotopic (exact) mass is 257 g/mol. The molecule has 1 saturated carbocycles. The summed E-state index contributed by atoms with van der Waals surface area (Å²) >= 11 is 0. The molecule has 1 aromatic carbocycles. The highest BCUT2D eigenvalue weighted by molar-refractivity contribution is 5.75. The van der Waals surface area contributed by atoms with Gasteiger partial charge < -0.3 is 4.74 Å². The molecule has 0 saturated heterocycles. The van der Waals surface area contributed by atoms with Gasteiger partial charge in [-0.3, -0.25) is 4.79 Å².